The zero-order valence-electron chi connectivity index (χ0n) is 11.8. The van der Waals surface area contributed by atoms with Crippen molar-refractivity contribution in [3.63, 3.8) is 0 Å². The molecule has 2 atom stereocenters. The van der Waals surface area contributed by atoms with Gasteiger partial charge in [0.15, 0.2) is 0 Å². The van der Waals surface area contributed by atoms with Crippen LogP contribution in [-0.2, 0) is 0 Å². The van der Waals surface area contributed by atoms with Crippen molar-refractivity contribution in [3.05, 3.63) is 0 Å². The molecular formula is C15H29NO. The van der Waals surface area contributed by atoms with Gasteiger partial charge >= 0.3 is 0 Å². The highest BCUT2D eigenvalue weighted by Gasteiger charge is 2.39. The lowest BCUT2D eigenvalue weighted by Gasteiger charge is -2.45. The van der Waals surface area contributed by atoms with Gasteiger partial charge in [-0.25, -0.2) is 0 Å². The summed E-state index contributed by atoms with van der Waals surface area (Å²) in [6.07, 6.45) is 9.09. The summed E-state index contributed by atoms with van der Waals surface area (Å²) >= 11 is 0. The van der Waals surface area contributed by atoms with Gasteiger partial charge in [0.05, 0.1) is 6.10 Å². The van der Waals surface area contributed by atoms with Gasteiger partial charge in [-0.3, -0.25) is 0 Å². The third kappa shape index (κ3) is 3.03. The minimum atomic E-state index is -0.150. The third-order valence-electron chi connectivity index (χ3n) is 5.07. The smallest absolute Gasteiger partial charge is 0.0746 e. The molecule has 17 heavy (non-hydrogen) atoms. The van der Waals surface area contributed by atoms with Gasteiger partial charge in [-0.05, 0) is 44.1 Å². The molecule has 0 amide bonds. The molecule has 0 aromatic rings. The summed E-state index contributed by atoms with van der Waals surface area (Å²) in [5.41, 5.74) is 0.104. The average molecular weight is 239 g/mol. The highest BCUT2D eigenvalue weighted by molar-refractivity contribution is 4.93. The Morgan fingerprint density at radius 1 is 1.12 bits per heavy atom. The molecule has 0 aromatic carbocycles. The zero-order valence-corrected chi connectivity index (χ0v) is 11.8. The number of aliphatic hydroxyl groups excluding tert-OH is 1. The molecule has 0 saturated heterocycles. The predicted octanol–water partition coefficient (Wildman–Crippen LogP) is 3.05. The fraction of sp³-hybridized carbons (Fsp3) is 1.00. The van der Waals surface area contributed by atoms with Gasteiger partial charge in [-0.1, -0.05) is 33.1 Å². The molecule has 0 bridgehead atoms. The van der Waals surface area contributed by atoms with E-state index in [1.807, 2.05) is 0 Å². The SMILES string of the molecule is CN(CC1CCCC1)C1CCCC(C)(C)C1O. The van der Waals surface area contributed by atoms with Crippen LogP contribution in [0.15, 0.2) is 0 Å². The van der Waals surface area contributed by atoms with Crippen molar-refractivity contribution in [3.8, 4) is 0 Å². The molecule has 2 aliphatic carbocycles. The lowest BCUT2D eigenvalue weighted by Crippen LogP contribution is -2.52. The molecule has 2 unspecified atom stereocenters. The van der Waals surface area contributed by atoms with E-state index in [0.29, 0.717) is 6.04 Å². The molecule has 0 aromatic heterocycles. The largest absolute Gasteiger partial charge is 0.391 e. The Morgan fingerprint density at radius 3 is 2.41 bits per heavy atom. The van der Waals surface area contributed by atoms with E-state index >= 15 is 0 Å². The number of hydrogen-bond donors (Lipinski definition) is 1. The van der Waals surface area contributed by atoms with Crippen molar-refractivity contribution < 1.29 is 5.11 Å². The molecule has 2 rings (SSSR count). The Morgan fingerprint density at radius 2 is 1.76 bits per heavy atom. The van der Waals surface area contributed by atoms with Crippen molar-refractivity contribution >= 4 is 0 Å². The van der Waals surface area contributed by atoms with Gasteiger partial charge in [-0.2, -0.15) is 0 Å². The first kappa shape index (κ1) is 13.4. The van der Waals surface area contributed by atoms with Crippen LogP contribution >= 0.6 is 0 Å². The highest BCUT2D eigenvalue weighted by Crippen LogP contribution is 2.38. The number of nitrogens with zero attached hydrogens (tertiary/aromatic N) is 1. The van der Waals surface area contributed by atoms with Gasteiger partial charge in [-0.15, -0.1) is 0 Å². The van der Waals surface area contributed by atoms with Crippen LogP contribution in [-0.4, -0.2) is 35.7 Å². The average Bonchev–Trinajstić information content (AvgIpc) is 2.74. The molecule has 0 radical (unpaired) electrons. The van der Waals surface area contributed by atoms with Crippen LogP contribution < -0.4 is 0 Å². The predicted molar refractivity (Wildman–Crippen MR) is 72.0 cm³/mol. The van der Waals surface area contributed by atoms with Crippen LogP contribution in [0.3, 0.4) is 0 Å². The van der Waals surface area contributed by atoms with Crippen LogP contribution in [0.2, 0.25) is 0 Å². The normalized spacial score (nSPS) is 34.4. The summed E-state index contributed by atoms with van der Waals surface area (Å²) in [6.45, 7) is 5.62. The lowest BCUT2D eigenvalue weighted by atomic mass is 9.72. The number of hydrogen-bond acceptors (Lipinski definition) is 2. The first-order chi connectivity index (χ1) is 8.00. The number of likely N-dealkylation sites (N-methyl/N-ethyl adjacent to an activating group) is 1. The summed E-state index contributed by atoms with van der Waals surface area (Å²) in [5.74, 6) is 0.886. The second kappa shape index (κ2) is 5.27. The van der Waals surface area contributed by atoms with E-state index in [9.17, 15) is 5.11 Å². The first-order valence-corrected chi connectivity index (χ1v) is 7.39. The quantitative estimate of drug-likeness (QED) is 0.818. The monoisotopic (exact) mass is 239 g/mol. The van der Waals surface area contributed by atoms with Crippen LogP contribution in [0.5, 0.6) is 0 Å². The van der Waals surface area contributed by atoms with Crippen molar-refractivity contribution in [1.82, 2.24) is 4.90 Å². The third-order valence-corrected chi connectivity index (χ3v) is 5.07. The van der Waals surface area contributed by atoms with Gasteiger partial charge in [0.2, 0.25) is 0 Å². The lowest BCUT2D eigenvalue weighted by molar-refractivity contribution is -0.0532. The van der Waals surface area contributed by atoms with E-state index in [4.69, 9.17) is 0 Å². The highest BCUT2D eigenvalue weighted by atomic mass is 16.3. The van der Waals surface area contributed by atoms with Crippen LogP contribution in [0.4, 0.5) is 0 Å². The summed E-state index contributed by atoms with van der Waals surface area (Å²) in [7, 11) is 2.22. The number of rotatable bonds is 3. The fourth-order valence-electron chi connectivity index (χ4n) is 3.79. The topological polar surface area (TPSA) is 23.5 Å². The Hall–Kier alpha value is -0.0800. The zero-order chi connectivity index (χ0) is 12.5. The van der Waals surface area contributed by atoms with E-state index in [1.54, 1.807) is 0 Å². The molecule has 2 heteroatoms. The summed E-state index contributed by atoms with van der Waals surface area (Å²) in [4.78, 5) is 2.45. The summed E-state index contributed by atoms with van der Waals surface area (Å²) in [6, 6.07) is 0.388. The second-order valence-electron chi connectivity index (χ2n) is 6.98. The molecule has 2 aliphatic rings. The van der Waals surface area contributed by atoms with Crippen molar-refractivity contribution in [1.29, 1.82) is 0 Å². The van der Waals surface area contributed by atoms with Crippen LogP contribution in [0.25, 0.3) is 0 Å². The van der Waals surface area contributed by atoms with Gasteiger partial charge in [0.25, 0.3) is 0 Å². The van der Waals surface area contributed by atoms with E-state index < -0.39 is 0 Å². The molecular weight excluding hydrogens is 210 g/mol. The first-order valence-electron chi connectivity index (χ1n) is 7.39. The summed E-state index contributed by atoms with van der Waals surface area (Å²) in [5, 5.41) is 10.5. The number of aliphatic hydroxyl groups is 1. The van der Waals surface area contributed by atoms with E-state index in [2.05, 4.69) is 25.8 Å². The molecule has 2 saturated carbocycles. The summed E-state index contributed by atoms with van der Waals surface area (Å²) < 4.78 is 0. The van der Waals surface area contributed by atoms with Crippen LogP contribution in [0.1, 0.15) is 58.8 Å². The van der Waals surface area contributed by atoms with E-state index in [-0.39, 0.29) is 11.5 Å². The van der Waals surface area contributed by atoms with Crippen molar-refractivity contribution in [2.75, 3.05) is 13.6 Å². The molecule has 0 aliphatic heterocycles. The Bertz CT molecular complexity index is 245. The maximum atomic E-state index is 10.5. The Labute approximate surface area is 106 Å². The van der Waals surface area contributed by atoms with Gasteiger partial charge < -0.3 is 10.0 Å². The maximum absolute atomic E-state index is 10.5. The Kier molecular flexibility index (Phi) is 4.14. The minimum Gasteiger partial charge on any atom is -0.391 e. The molecule has 2 nitrogen and oxygen atoms in total. The molecule has 0 heterocycles. The van der Waals surface area contributed by atoms with Gasteiger partial charge in [0, 0.05) is 12.6 Å². The molecule has 100 valence electrons. The standard InChI is InChI=1S/C15H29NO/c1-15(2)10-6-9-13(14(15)17)16(3)11-12-7-4-5-8-12/h12-14,17H,4-11H2,1-3H3. The maximum Gasteiger partial charge on any atom is 0.0746 e. The second-order valence-corrected chi connectivity index (χ2v) is 6.98. The van der Waals surface area contributed by atoms with E-state index in [0.717, 1.165) is 5.92 Å². The Balaban J connectivity index is 1.91. The minimum absolute atomic E-state index is 0.104. The molecule has 1 N–H and O–H groups in total. The van der Waals surface area contributed by atoms with Crippen molar-refractivity contribution in [2.24, 2.45) is 11.3 Å². The van der Waals surface area contributed by atoms with Crippen LogP contribution in [0, 0.1) is 11.3 Å². The molecule has 0 spiro atoms. The van der Waals surface area contributed by atoms with Gasteiger partial charge in [0.1, 0.15) is 0 Å². The van der Waals surface area contributed by atoms with E-state index in [1.165, 1.54) is 51.5 Å². The van der Waals surface area contributed by atoms with Crippen molar-refractivity contribution in [2.45, 2.75) is 70.9 Å². The fourth-order valence-corrected chi connectivity index (χ4v) is 3.79. The molecule has 2 fully saturated rings.